The largest absolute Gasteiger partial charge is 0.468 e. The Labute approximate surface area is 133 Å². The summed E-state index contributed by atoms with van der Waals surface area (Å²) in [4.78, 5) is 25.6. The van der Waals surface area contributed by atoms with Gasteiger partial charge in [0.2, 0.25) is 5.91 Å². The third-order valence-corrected chi connectivity index (χ3v) is 4.41. The number of amides is 1. The molecule has 0 saturated heterocycles. The van der Waals surface area contributed by atoms with E-state index in [1.807, 2.05) is 38.1 Å². The molecular weight excluding hydrogens is 302 g/mol. The van der Waals surface area contributed by atoms with Crippen LogP contribution in [0.25, 0.3) is 0 Å². The number of carbonyl (C=O) groups is 1. The van der Waals surface area contributed by atoms with E-state index in [1.54, 1.807) is 16.2 Å². The molecule has 0 fully saturated rings. The molecule has 120 valence electrons. The second kappa shape index (κ2) is 7.42. The van der Waals surface area contributed by atoms with Gasteiger partial charge in [-0.1, -0.05) is 11.3 Å². The molecular formula is C15H21N3O3S. The second-order valence-corrected chi connectivity index (χ2v) is 6.16. The second-order valence-electron chi connectivity index (χ2n) is 5.34. The fourth-order valence-electron chi connectivity index (χ4n) is 2.21. The molecule has 2 aromatic heterocycles. The molecule has 0 saturated carbocycles. The lowest BCUT2D eigenvalue weighted by molar-refractivity contribution is -0.121. The number of rotatable bonds is 7. The number of hydrogen-bond acceptors (Lipinski definition) is 5. The summed E-state index contributed by atoms with van der Waals surface area (Å²) in [6.45, 7) is 2.75. The Hall–Kier alpha value is -1.86. The normalized spacial score (nSPS) is 12.5. The van der Waals surface area contributed by atoms with Crippen molar-refractivity contribution >= 4 is 17.2 Å². The van der Waals surface area contributed by atoms with Crippen LogP contribution in [-0.4, -0.2) is 36.0 Å². The molecule has 1 atom stereocenters. The van der Waals surface area contributed by atoms with Crippen LogP contribution >= 0.6 is 11.3 Å². The van der Waals surface area contributed by atoms with Crippen molar-refractivity contribution in [3.63, 3.8) is 0 Å². The van der Waals surface area contributed by atoms with Gasteiger partial charge < -0.3 is 14.3 Å². The van der Waals surface area contributed by atoms with Crippen molar-refractivity contribution in [2.24, 2.45) is 0 Å². The Bertz CT molecular complexity index is 658. The van der Waals surface area contributed by atoms with Crippen LogP contribution < -0.4 is 10.2 Å². The first-order valence-electron chi connectivity index (χ1n) is 7.10. The van der Waals surface area contributed by atoms with Crippen LogP contribution in [0.5, 0.6) is 0 Å². The molecule has 0 radical (unpaired) electrons. The topological polar surface area (TPSA) is 67.5 Å². The van der Waals surface area contributed by atoms with E-state index >= 15 is 0 Å². The molecule has 0 spiro atoms. The summed E-state index contributed by atoms with van der Waals surface area (Å²) < 4.78 is 7.03. The lowest BCUT2D eigenvalue weighted by Crippen LogP contribution is -2.35. The van der Waals surface area contributed by atoms with Crippen molar-refractivity contribution in [3.05, 3.63) is 44.9 Å². The number of nitrogens with one attached hydrogen (secondary N) is 1. The van der Waals surface area contributed by atoms with Gasteiger partial charge in [-0.2, -0.15) is 0 Å². The molecule has 0 aliphatic rings. The zero-order valence-electron chi connectivity index (χ0n) is 13.0. The van der Waals surface area contributed by atoms with Gasteiger partial charge >= 0.3 is 4.87 Å². The van der Waals surface area contributed by atoms with Crippen molar-refractivity contribution in [2.75, 3.05) is 20.6 Å². The average Bonchev–Trinajstić information content (AvgIpc) is 3.08. The highest BCUT2D eigenvalue weighted by Gasteiger charge is 2.17. The summed E-state index contributed by atoms with van der Waals surface area (Å²) in [6, 6.07) is 3.72. The quantitative estimate of drug-likeness (QED) is 0.841. The molecule has 1 N–H and O–H groups in total. The zero-order valence-corrected chi connectivity index (χ0v) is 13.9. The van der Waals surface area contributed by atoms with Gasteiger partial charge in [-0.3, -0.25) is 14.5 Å². The smallest absolute Gasteiger partial charge is 0.307 e. The van der Waals surface area contributed by atoms with Crippen LogP contribution in [0.4, 0.5) is 0 Å². The van der Waals surface area contributed by atoms with Gasteiger partial charge in [-0.25, -0.2) is 0 Å². The summed E-state index contributed by atoms with van der Waals surface area (Å²) in [5.74, 6) is 0.742. The molecule has 2 rings (SSSR count). The van der Waals surface area contributed by atoms with Gasteiger partial charge in [0, 0.05) is 30.6 Å². The van der Waals surface area contributed by atoms with Crippen molar-refractivity contribution < 1.29 is 9.21 Å². The highest BCUT2D eigenvalue weighted by Crippen LogP contribution is 2.17. The van der Waals surface area contributed by atoms with Crippen LogP contribution in [0.2, 0.25) is 0 Å². The summed E-state index contributed by atoms with van der Waals surface area (Å²) in [5, 5.41) is 4.71. The molecule has 7 heteroatoms. The lowest BCUT2D eigenvalue weighted by Gasteiger charge is -2.22. The van der Waals surface area contributed by atoms with E-state index in [0.717, 1.165) is 22.8 Å². The molecule has 0 aliphatic heterocycles. The first-order valence-corrected chi connectivity index (χ1v) is 7.98. The first kappa shape index (κ1) is 16.5. The maximum absolute atomic E-state index is 12.0. The third kappa shape index (κ3) is 4.08. The molecule has 2 heterocycles. The highest BCUT2D eigenvalue weighted by molar-refractivity contribution is 7.07. The number of thiazole rings is 1. The minimum absolute atomic E-state index is 0.00967. The number of hydrogen-bond donors (Lipinski definition) is 1. The lowest BCUT2D eigenvalue weighted by atomic mass is 10.2. The van der Waals surface area contributed by atoms with Crippen molar-refractivity contribution in [1.82, 2.24) is 14.8 Å². The summed E-state index contributed by atoms with van der Waals surface area (Å²) in [5.41, 5.74) is 0.893. The van der Waals surface area contributed by atoms with E-state index in [9.17, 15) is 9.59 Å². The van der Waals surface area contributed by atoms with E-state index in [-0.39, 0.29) is 23.2 Å². The molecule has 2 aromatic rings. The molecule has 0 bridgehead atoms. The van der Waals surface area contributed by atoms with Crippen LogP contribution in [0, 0.1) is 6.92 Å². The van der Waals surface area contributed by atoms with Gasteiger partial charge in [-0.15, -0.1) is 0 Å². The molecule has 0 aromatic carbocycles. The number of nitrogens with zero attached hydrogens (tertiary/aromatic N) is 2. The van der Waals surface area contributed by atoms with Crippen LogP contribution in [0.15, 0.2) is 33.0 Å². The van der Waals surface area contributed by atoms with Gasteiger partial charge in [0.05, 0.1) is 12.3 Å². The Morgan fingerprint density at radius 1 is 1.50 bits per heavy atom. The number of carbonyl (C=O) groups excluding carboxylic acids is 1. The third-order valence-electron chi connectivity index (χ3n) is 3.53. The van der Waals surface area contributed by atoms with Gasteiger partial charge in [0.15, 0.2) is 0 Å². The van der Waals surface area contributed by atoms with E-state index in [4.69, 9.17) is 4.42 Å². The number of aryl methyl sites for hydroxylation is 1. The summed E-state index contributed by atoms with van der Waals surface area (Å²) >= 11 is 1.16. The SMILES string of the molecule is Cc1csc(=O)n1CCC(=O)NCC(c1ccco1)N(C)C. The molecule has 0 aliphatic carbocycles. The molecule has 22 heavy (non-hydrogen) atoms. The van der Waals surface area contributed by atoms with Crippen LogP contribution in [-0.2, 0) is 11.3 Å². The average molecular weight is 323 g/mol. The van der Waals surface area contributed by atoms with E-state index in [1.165, 1.54) is 0 Å². The highest BCUT2D eigenvalue weighted by atomic mass is 32.1. The van der Waals surface area contributed by atoms with Crippen molar-refractivity contribution in [3.8, 4) is 0 Å². The Morgan fingerprint density at radius 3 is 2.82 bits per heavy atom. The Kier molecular flexibility index (Phi) is 5.57. The van der Waals surface area contributed by atoms with Crippen LogP contribution in [0.1, 0.15) is 23.9 Å². The maximum Gasteiger partial charge on any atom is 0.307 e. The number of likely N-dealkylation sites (N-methyl/N-ethyl adjacent to an activating group) is 1. The fraction of sp³-hybridized carbons (Fsp3) is 0.467. The van der Waals surface area contributed by atoms with Crippen molar-refractivity contribution in [2.45, 2.75) is 25.9 Å². The van der Waals surface area contributed by atoms with E-state index in [2.05, 4.69) is 5.32 Å². The predicted molar refractivity (Wildman–Crippen MR) is 86.1 cm³/mol. The molecule has 1 unspecified atom stereocenters. The number of furan rings is 1. The maximum atomic E-state index is 12.0. The first-order chi connectivity index (χ1) is 10.5. The summed E-state index contributed by atoms with van der Waals surface area (Å²) in [6.07, 6.45) is 1.91. The van der Waals surface area contributed by atoms with Crippen molar-refractivity contribution in [1.29, 1.82) is 0 Å². The Morgan fingerprint density at radius 2 is 2.27 bits per heavy atom. The van der Waals surface area contributed by atoms with Gasteiger partial charge in [0.1, 0.15) is 5.76 Å². The monoisotopic (exact) mass is 323 g/mol. The molecule has 6 nitrogen and oxygen atoms in total. The summed E-state index contributed by atoms with van der Waals surface area (Å²) in [7, 11) is 3.88. The zero-order chi connectivity index (χ0) is 16.1. The minimum Gasteiger partial charge on any atom is -0.468 e. The van der Waals surface area contributed by atoms with E-state index in [0.29, 0.717) is 13.1 Å². The van der Waals surface area contributed by atoms with Gasteiger partial charge in [0.25, 0.3) is 0 Å². The van der Waals surface area contributed by atoms with E-state index < -0.39 is 0 Å². The standard InChI is InChI=1S/C15H21N3O3S/c1-11-10-22-15(20)18(11)7-6-14(19)16-9-12(17(2)3)13-5-4-8-21-13/h4-5,8,10,12H,6-7,9H2,1-3H3,(H,16,19). The minimum atomic E-state index is -0.0732. The predicted octanol–water partition coefficient (Wildman–Crippen LogP) is 1.62. The van der Waals surface area contributed by atoms with Crippen LogP contribution in [0.3, 0.4) is 0 Å². The van der Waals surface area contributed by atoms with Gasteiger partial charge in [-0.05, 0) is 33.2 Å². The Balaban J connectivity index is 1.85. The number of aromatic nitrogens is 1. The fourth-order valence-corrected chi connectivity index (χ4v) is 2.97. The molecule has 1 amide bonds.